The summed E-state index contributed by atoms with van der Waals surface area (Å²) in [5.41, 5.74) is 15.7. The zero-order valence-electron chi connectivity index (χ0n) is 32.1. The van der Waals surface area contributed by atoms with Crippen LogP contribution in [0.2, 0.25) is 0 Å². The number of nitrogens with zero attached hydrogens (tertiary/aromatic N) is 3. The Labute approximate surface area is 343 Å². The first-order valence-electron chi connectivity index (χ1n) is 20.2. The molecule has 9 aromatic carbocycles. The quantitative estimate of drug-likeness (QED) is 0.175. The molecule has 5 heteroatoms. The average Bonchev–Trinajstić information content (AvgIpc) is 3.99. The molecule has 0 radical (unpaired) electrons. The van der Waals surface area contributed by atoms with Gasteiger partial charge in [0.2, 0.25) is 0 Å². The third-order valence-corrected chi connectivity index (χ3v) is 12.1. The molecule has 0 saturated carbocycles. The van der Waals surface area contributed by atoms with Gasteiger partial charge in [-0.2, -0.15) is 0 Å². The van der Waals surface area contributed by atoms with Crippen LogP contribution >= 0.6 is 0 Å². The van der Waals surface area contributed by atoms with Crippen molar-refractivity contribution in [2.24, 2.45) is 0 Å². The zero-order chi connectivity index (χ0) is 39.3. The number of rotatable bonds is 5. The van der Waals surface area contributed by atoms with E-state index in [4.69, 9.17) is 23.8 Å². The van der Waals surface area contributed by atoms with E-state index in [0.717, 1.165) is 77.3 Å². The summed E-state index contributed by atoms with van der Waals surface area (Å²) in [4.78, 5) is 15.2. The number of fused-ring (bicyclic) bond motifs is 9. The molecular weight excluding hydrogens is 735 g/mol. The van der Waals surface area contributed by atoms with Gasteiger partial charge in [0.25, 0.3) is 0 Å². The summed E-state index contributed by atoms with van der Waals surface area (Å²) in [6.45, 7) is 0. The maximum atomic E-state index is 6.54. The van der Waals surface area contributed by atoms with Crippen molar-refractivity contribution < 1.29 is 8.83 Å². The topological polar surface area (TPSA) is 65.0 Å². The summed E-state index contributed by atoms with van der Waals surface area (Å²) < 4.78 is 12.8. The monoisotopic (exact) mass is 765 g/mol. The smallest absolute Gasteiger partial charge is 0.164 e. The van der Waals surface area contributed by atoms with Crippen LogP contribution in [0.3, 0.4) is 0 Å². The van der Waals surface area contributed by atoms with Gasteiger partial charge in [0, 0.05) is 38.2 Å². The molecule has 0 unspecified atom stereocenters. The zero-order valence-corrected chi connectivity index (χ0v) is 32.1. The molecule has 13 rings (SSSR count). The normalized spacial score (nSPS) is 12.0. The number of furan rings is 2. The molecule has 0 aliphatic heterocycles. The number of para-hydroxylation sites is 1. The van der Waals surface area contributed by atoms with E-state index in [0.29, 0.717) is 17.5 Å². The lowest BCUT2D eigenvalue weighted by Gasteiger charge is -2.11. The van der Waals surface area contributed by atoms with Gasteiger partial charge in [0.15, 0.2) is 17.5 Å². The predicted octanol–water partition coefficient (Wildman–Crippen LogP) is 14.8. The molecule has 1 aliphatic carbocycles. The highest BCUT2D eigenvalue weighted by atomic mass is 16.3. The Hall–Kier alpha value is -8.15. The number of hydrogen-bond donors (Lipinski definition) is 0. The molecule has 60 heavy (non-hydrogen) atoms. The summed E-state index contributed by atoms with van der Waals surface area (Å²) in [5.74, 6) is 1.77. The first-order valence-corrected chi connectivity index (χ1v) is 20.2. The molecule has 3 heterocycles. The first kappa shape index (κ1) is 32.9. The standard InChI is InChI=1S/C55H31N3O2/c1-2-11-32(12-3-1)53-56-54(58-55(57-53)36-23-25-42-41-17-6-7-21-47(41)60-50(42)31-36)35-14-8-13-33(29-35)38-18-10-22-49-52(38)46-30-34(24-28-48(46)59-49)37-26-27-45-40-16-5-4-15-39(40)44-20-9-19-43(37)51(44)45/h1-31H. The third-order valence-electron chi connectivity index (χ3n) is 12.1. The van der Waals surface area contributed by atoms with Crippen molar-refractivity contribution in [1.82, 2.24) is 15.0 Å². The maximum absolute atomic E-state index is 6.54. The molecule has 3 aromatic heterocycles. The molecular formula is C55H31N3O2. The van der Waals surface area contributed by atoms with Gasteiger partial charge in [-0.1, -0.05) is 146 Å². The van der Waals surface area contributed by atoms with Gasteiger partial charge in [-0.15, -0.1) is 0 Å². The van der Waals surface area contributed by atoms with Gasteiger partial charge in [0.05, 0.1) is 0 Å². The van der Waals surface area contributed by atoms with Gasteiger partial charge >= 0.3 is 0 Å². The van der Waals surface area contributed by atoms with Crippen LogP contribution in [0.1, 0.15) is 0 Å². The Morgan fingerprint density at radius 2 is 0.783 bits per heavy atom. The molecule has 1 aliphatic rings. The van der Waals surface area contributed by atoms with Crippen LogP contribution in [0.25, 0.3) is 133 Å². The Morgan fingerprint density at radius 3 is 1.65 bits per heavy atom. The highest BCUT2D eigenvalue weighted by molar-refractivity contribution is 6.20. The van der Waals surface area contributed by atoms with Gasteiger partial charge in [-0.25, -0.2) is 15.0 Å². The van der Waals surface area contributed by atoms with Crippen molar-refractivity contribution in [2.45, 2.75) is 0 Å². The summed E-state index contributed by atoms with van der Waals surface area (Å²) in [5, 5.41) is 6.86. The summed E-state index contributed by atoms with van der Waals surface area (Å²) in [7, 11) is 0. The molecule has 5 nitrogen and oxygen atoms in total. The lowest BCUT2D eigenvalue weighted by molar-refractivity contribution is 0.668. The molecule has 0 atom stereocenters. The van der Waals surface area contributed by atoms with Gasteiger partial charge in [-0.05, 0) is 97.7 Å². The van der Waals surface area contributed by atoms with Crippen molar-refractivity contribution >= 4 is 54.6 Å². The number of aromatic nitrogens is 3. The van der Waals surface area contributed by atoms with Crippen LogP contribution < -0.4 is 0 Å². The minimum absolute atomic E-state index is 0.578. The van der Waals surface area contributed by atoms with E-state index in [1.807, 2.05) is 54.6 Å². The predicted molar refractivity (Wildman–Crippen MR) is 243 cm³/mol. The van der Waals surface area contributed by atoms with E-state index in [-0.39, 0.29) is 0 Å². The second-order valence-electron chi connectivity index (χ2n) is 15.5. The number of hydrogen-bond acceptors (Lipinski definition) is 5. The van der Waals surface area contributed by atoms with Crippen molar-refractivity contribution in [3.8, 4) is 78.7 Å². The molecule has 278 valence electrons. The van der Waals surface area contributed by atoms with E-state index < -0.39 is 0 Å². The molecule has 12 aromatic rings. The third kappa shape index (κ3) is 4.96. The Balaban J connectivity index is 0.947. The fraction of sp³-hybridized carbons (Fsp3) is 0. The van der Waals surface area contributed by atoms with Gasteiger partial charge < -0.3 is 8.83 Å². The molecule has 0 spiro atoms. The lowest BCUT2D eigenvalue weighted by atomic mass is 9.92. The largest absolute Gasteiger partial charge is 0.456 e. The summed E-state index contributed by atoms with van der Waals surface area (Å²) in [6, 6.07) is 65.7. The molecule has 0 fully saturated rings. The van der Waals surface area contributed by atoms with Crippen LogP contribution in [0.5, 0.6) is 0 Å². The molecule has 0 saturated heterocycles. The second kappa shape index (κ2) is 12.7. The molecule has 0 N–H and O–H groups in total. The van der Waals surface area contributed by atoms with Crippen molar-refractivity contribution in [1.29, 1.82) is 0 Å². The van der Waals surface area contributed by atoms with Gasteiger partial charge in [0.1, 0.15) is 22.3 Å². The number of benzene rings is 9. The van der Waals surface area contributed by atoms with Gasteiger partial charge in [-0.3, -0.25) is 0 Å². The van der Waals surface area contributed by atoms with E-state index >= 15 is 0 Å². The van der Waals surface area contributed by atoms with E-state index in [9.17, 15) is 0 Å². The Morgan fingerprint density at radius 1 is 0.250 bits per heavy atom. The maximum Gasteiger partial charge on any atom is 0.164 e. The van der Waals surface area contributed by atoms with E-state index in [2.05, 4.69) is 133 Å². The first-order chi connectivity index (χ1) is 29.7. The fourth-order valence-corrected chi connectivity index (χ4v) is 9.34. The van der Waals surface area contributed by atoms with E-state index in [1.54, 1.807) is 0 Å². The molecule has 0 amide bonds. The van der Waals surface area contributed by atoms with Crippen molar-refractivity contribution in [3.05, 3.63) is 188 Å². The van der Waals surface area contributed by atoms with E-state index in [1.165, 1.54) is 38.6 Å². The fourth-order valence-electron chi connectivity index (χ4n) is 9.34. The SMILES string of the molecule is c1ccc(-c2nc(-c3cccc(-c4cccc5oc6ccc(-c7ccc8c9c(cccc79)-c7ccccc7-8)cc6c45)c3)nc(-c3ccc4c(c3)oc3ccccc34)n2)cc1. The van der Waals surface area contributed by atoms with Crippen LogP contribution in [-0.2, 0) is 0 Å². The van der Waals surface area contributed by atoms with Crippen molar-refractivity contribution in [3.63, 3.8) is 0 Å². The highest BCUT2D eigenvalue weighted by Crippen LogP contribution is 2.50. The Bertz CT molecular complexity index is 3700. The molecule has 0 bridgehead atoms. The lowest BCUT2D eigenvalue weighted by Crippen LogP contribution is -2.00. The summed E-state index contributed by atoms with van der Waals surface area (Å²) in [6.07, 6.45) is 0. The second-order valence-corrected chi connectivity index (χ2v) is 15.5. The minimum atomic E-state index is 0.578. The summed E-state index contributed by atoms with van der Waals surface area (Å²) >= 11 is 0. The Kier molecular flexibility index (Phi) is 6.95. The van der Waals surface area contributed by atoms with Crippen LogP contribution in [0.15, 0.2) is 197 Å². The van der Waals surface area contributed by atoms with Crippen molar-refractivity contribution in [2.75, 3.05) is 0 Å². The minimum Gasteiger partial charge on any atom is -0.456 e. The average molecular weight is 766 g/mol. The highest BCUT2D eigenvalue weighted by Gasteiger charge is 2.23. The van der Waals surface area contributed by atoms with Crippen LogP contribution in [0.4, 0.5) is 0 Å². The van der Waals surface area contributed by atoms with Crippen LogP contribution in [0, 0.1) is 0 Å². The van der Waals surface area contributed by atoms with Crippen LogP contribution in [-0.4, -0.2) is 15.0 Å².